The van der Waals surface area contributed by atoms with Gasteiger partial charge in [0.05, 0.1) is 17.7 Å². The van der Waals surface area contributed by atoms with E-state index in [1.54, 1.807) is 13.8 Å². The highest BCUT2D eigenvalue weighted by Crippen LogP contribution is 2.22. The Balaban J connectivity index is 0.000000356. The predicted octanol–water partition coefficient (Wildman–Crippen LogP) is 4.63. The zero-order valence-corrected chi connectivity index (χ0v) is 12.9. The van der Waals surface area contributed by atoms with E-state index in [1.165, 1.54) is 19.3 Å². The zero-order valence-electron chi connectivity index (χ0n) is 12.9. The third-order valence-electron chi connectivity index (χ3n) is 2.66. The second kappa shape index (κ2) is 7.89. The minimum Gasteiger partial charge on any atom is -0.198 e. The first kappa shape index (κ1) is 17.6. The van der Waals surface area contributed by atoms with Crippen molar-refractivity contribution in [2.45, 2.75) is 77.8 Å². The van der Waals surface area contributed by atoms with Crippen LogP contribution in [0.1, 0.15) is 66.7 Å². The molecule has 0 aromatic carbocycles. The molecule has 4 heteroatoms. The second-order valence-corrected chi connectivity index (χ2v) is 6.51. The first-order chi connectivity index (χ1) is 8.70. The Bertz CT molecular complexity index is 357. The highest BCUT2D eigenvalue weighted by atomic mass is 15.2. The maximum atomic E-state index is 8.59. The third kappa shape index (κ3) is 10.2. The van der Waals surface area contributed by atoms with E-state index in [0.29, 0.717) is 5.92 Å². The summed E-state index contributed by atoms with van der Waals surface area (Å²) in [6.07, 6.45) is 6.20. The molecule has 4 nitrogen and oxygen atoms in total. The first-order valence-corrected chi connectivity index (χ1v) is 6.95. The van der Waals surface area contributed by atoms with Crippen LogP contribution in [-0.2, 0) is 0 Å². The predicted molar refractivity (Wildman–Crippen MR) is 76.5 cm³/mol. The molecule has 0 aromatic rings. The third-order valence-corrected chi connectivity index (χ3v) is 2.66. The van der Waals surface area contributed by atoms with Gasteiger partial charge in [-0.25, -0.2) is 0 Å². The van der Waals surface area contributed by atoms with Gasteiger partial charge in [0.25, 0.3) is 0 Å². The van der Waals surface area contributed by atoms with Crippen molar-refractivity contribution in [1.82, 2.24) is 0 Å². The van der Waals surface area contributed by atoms with Crippen LogP contribution in [0.15, 0.2) is 10.2 Å². The summed E-state index contributed by atoms with van der Waals surface area (Å²) in [5, 5.41) is 24.9. The molecule has 0 amide bonds. The molecule has 0 radical (unpaired) electrons. The molecule has 0 aromatic heterocycles. The van der Waals surface area contributed by atoms with Crippen LogP contribution in [0.25, 0.3) is 0 Å². The van der Waals surface area contributed by atoms with E-state index in [0.717, 1.165) is 12.8 Å². The van der Waals surface area contributed by atoms with Crippen LogP contribution in [0.5, 0.6) is 0 Å². The molecule has 19 heavy (non-hydrogen) atoms. The summed E-state index contributed by atoms with van der Waals surface area (Å²) in [5.41, 5.74) is -0.874. The lowest BCUT2D eigenvalue weighted by molar-refractivity contribution is 0.427. The minimum atomic E-state index is -0.687. The Labute approximate surface area is 117 Å². The van der Waals surface area contributed by atoms with Crippen molar-refractivity contribution >= 4 is 0 Å². The fraction of sp³-hybridized carbons (Fsp3) is 0.867. The Kier molecular flexibility index (Phi) is 7.30. The first-order valence-electron chi connectivity index (χ1n) is 6.95. The molecule has 0 saturated heterocycles. The zero-order chi connectivity index (χ0) is 14.9. The van der Waals surface area contributed by atoms with Gasteiger partial charge in [-0.15, -0.1) is 0 Å². The highest BCUT2D eigenvalue weighted by Gasteiger charge is 2.16. The van der Waals surface area contributed by atoms with Crippen molar-refractivity contribution in [2.24, 2.45) is 16.1 Å². The van der Waals surface area contributed by atoms with Crippen LogP contribution >= 0.6 is 0 Å². The Hall–Kier alpha value is -1.42. The van der Waals surface area contributed by atoms with E-state index in [4.69, 9.17) is 10.5 Å². The SMILES string of the molecule is CC(C)(C)N=NC(C)(C)C#N.N#CC1CCCCC1. The summed E-state index contributed by atoms with van der Waals surface area (Å²) >= 11 is 0. The molecular weight excluding hydrogens is 236 g/mol. The van der Waals surface area contributed by atoms with Gasteiger partial charge in [-0.2, -0.15) is 20.8 Å². The Morgan fingerprint density at radius 1 is 0.895 bits per heavy atom. The monoisotopic (exact) mass is 262 g/mol. The van der Waals surface area contributed by atoms with E-state index in [2.05, 4.69) is 22.4 Å². The summed E-state index contributed by atoms with van der Waals surface area (Å²) in [7, 11) is 0. The van der Waals surface area contributed by atoms with Gasteiger partial charge in [0.1, 0.15) is 0 Å². The van der Waals surface area contributed by atoms with E-state index in [9.17, 15) is 0 Å². The van der Waals surface area contributed by atoms with Crippen LogP contribution in [0, 0.1) is 28.6 Å². The summed E-state index contributed by atoms with van der Waals surface area (Å²) in [6.45, 7) is 9.32. The molecule has 106 valence electrons. The van der Waals surface area contributed by atoms with Gasteiger partial charge in [0, 0.05) is 5.92 Å². The molecule has 1 aliphatic rings. The van der Waals surface area contributed by atoms with Gasteiger partial charge in [-0.05, 0) is 47.5 Å². The number of nitriles is 2. The van der Waals surface area contributed by atoms with Crippen molar-refractivity contribution in [1.29, 1.82) is 10.5 Å². The lowest BCUT2D eigenvalue weighted by atomic mass is 9.91. The quantitative estimate of drug-likeness (QED) is 0.646. The number of hydrogen-bond acceptors (Lipinski definition) is 4. The van der Waals surface area contributed by atoms with Crippen molar-refractivity contribution in [3.8, 4) is 12.1 Å². The standard InChI is InChI=1S/C8H15N3.C7H11N/c1-7(2,3)10-11-8(4,5)6-9;8-6-7-4-2-1-3-5-7/h1-5H3;7H,1-5H2. The average Bonchev–Trinajstić information content (AvgIpc) is 2.38. The fourth-order valence-electron chi connectivity index (χ4n) is 1.53. The molecule has 0 atom stereocenters. The lowest BCUT2D eigenvalue weighted by Crippen LogP contribution is -2.16. The molecular formula is C15H26N4. The molecule has 0 aliphatic heterocycles. The van der Waals surface area contributed by atoms with Gasteiger partial charge < -0.3 is 0 Å². The van der Waals surface area contributed by atoms with Crippen LogP contribution in [-0.4, -0.2) is 11.1 Å². The molecule has 0 bridgehead atoms. The van der Waals surface area contributed by atoms with Crippen molar-refractivity contribution < 1.29 is 0 Å². The van der Waals surface area contributed by atoms with Crippen LogP contribution in [0.2, 0.25) is 0 Å². The normalized spacial score (nSPS) is 17.2. The Morgan fingerprint density at radius 3 is 1.74 bits per heavy atom. The molecule has 1 rings (SSSR count). The number of azo groups is 1. The van der Waals surface area contributed by atoms with Crippen LogP contribution in [0.3, 0.4) is 0 Å². The van der Waals surface area contributed by atoms with Gasteiger partial charge in [-0.3, -0.25) is 0 Å². The number of nitrogens with zero attached hydrogens (tertiary/aromatic N) is 4. The molecule has 0 unspecified atom stereocenters. The van der Waals surface area contributed by atoms with Gasteiger partial charge in [0.15, 0.2) is 5.54 Å². The smallest absolute Gasteiger partial charge is 0.161 e. The molecule has 1 saturated carbocycles. The van der Waals surface area contributed by atoms with E-state index < -0.39 is 5.54 Å². The topological polar surface area (TPSA) is 72.3 Å². The van der Waals surface area contributed by atoms with E-state index in [1.807, 2.05) is 20.8 Å². The molecule has 0 heterocycles. The maximum absolute atomic E-state index is 8.59. The van der Waals surface area contributed by atoms with Crippen LogP contribution < -0.4 is 0 Å². The average molecular weight is 262 g/mol. The summed E-state index contributed by atoms with van der Waals surface area (Å²) in [4.78, 5) is 0. The number of hydrogen-bond donors (Lipinski definition) is 0. The largest absolute Gasteiger partial charge is 0.198 e. The van der Waals surface area contributed by atoms with E-state index >= 15 is 0 Å². The van der Waals surface area contributed by atoms with Crippen molar-refractivity contribution in [3.05, 3.63) is 0 Å². The van der Waals surface area contributed by atoms with Gasteiger partial charge in [0.2, 0.25) is 0 Å². The van der Waals surface area contributed by atoms with Crippen LogP contribution in [0.4, 0.5) is 0 Å². The van der Waals surface area contributed by atoms with Gasteiger partial charge in [-0.1, -0.05) is 19.3 Å². The summed E-state index contributed by atoms with van der Waals surface area (Å²) in [5.74, 6) is 0.392. The van der Waals surface area contributed by atoms with Crippen molar-refractivity contribution in [3.63, 3.8) is 0 Å². The molecule has 0 spiro atoms. The van der Waals surface area contributed by atoms with Gasteiger partial charge >= 0.3 is 0 Å². The molecule has 0 N–H and O–H groups in total. The lowest BCUT2D eigenvalue weighted by Gasteiger charge is -2.13. The van der Waals surface area contributed by atoms with E-state index in [-0.39, 0.29) is 5.54 Å². The summed E-state index contributed by atoms with van der Waals surface area (Å²) in [6, 6.07) is 4.36. The fourth-order valence-corrected chi connectivity index (χ4v) is 1.53. The minimum absolute atomic E-state index is 0.186. The highest BCUT2D eigenvalue weighted by molar-refractivity contribution is 4.99. The maximum Gasteiger partial charge on any atom is 0.161 e. The molecule has 1 fully saturated rings. The second-order valence-electron chi connectivity index (χ2n) is 6.51. The van der Waals surface area contributed by atoms with Crippen molar-refractivity contribution in [2.75, 3.05) is 0 Å². The summed E-state index contributed by atoms with van der Waals surface area (Å²) < 4.78 is 0. The molecule has 1 aliphatic carbocycles. The Morgan fingerprint density at radius 2 is 1.42 bits per heavy atom. The number of rotatable bonds is 1.